The zero-order chi connectivity index (χ0) is 22.2. The van der Waals surface area contributed by atoms with Gasteiger partial charge >= 0.3 is 0 Å². The van der Waals surface area contributed by atoms with Crippen LogP contribution in [0.3, 0.4) is 0 Å². The number of ether oxygens (including phenoxy) is 1. The quantitative estimate of drug-likeness (QED) is 0.633. The Kier molecular flexibility index (Phi) is 5.47. The summed E-state index contributed by atoms with van der Waals surface area (Å²) in [4.78, 5) is 17.5. The van der Waals surface area contributed by atoms with Gasteiger partial charge in [0.15, 0.2) is 5.69 Å². The summed E-state index contributed by atoms with van der Waals surface area (Å²) < 4.78 is 7.29. The Morgan fingerprint density at radius 2 is 1.62 bits per heavy atom. The van der Waals surface area contributed by atoms with Crippen LogP contribution in [0.4, 0.5) is 0 Å². The monoisotopic (exact) mass is 430 g/mol. The zero-order valence-corrected chi connectivity index (χ0v) is 19.0. The molecule has 1 fully saturated rings. The number of aromatic nitrogens is 2. The highest BCUT2D eigenvalue weighted by molar-refractivity contribution is 5.92. The summed E-state index contributed by atoms with van der Waals surface area (Å²) in [6.07, 6.45) is 0. The predicted molar refractivity (Wildman–Crippen MR) is 124 cm³/mol. The van der Waals surface area contributed by atoms with Crippen LogP contribution in [-0.2, 0) is 6.54 Å². The lowest BCUT2D eigenvalue weighted by Crippen LogP contribution is -2.50. The van der Waals surface area contributed by atoms with Crippen molar-refractivity contribution in [2.24, 2.45) is 0 Å². The lowest BCUT2D eigenvalue weighted by atomic mass is 9.88. The highest BCUT2D eigenvalue weighted by Crippen LogP contribution is 2.34. The molecule has 2 aliphatic rings. The average Bonchev–Trinajstić information content (AvgIpc) is 3.39. The van der Waals surface area contributed by atoms with Crippen molar-refractivity contribution in [2.75, 3.05) is 32.8 Å². The summed E-state index contributed by atoms with van der Waals surface area (Å²) in [7, 11) is 0. The molecule has 32 heavy (non-hydrogen) atoms. The number of rotatable bonds is 4. The first-order chi connectivity index (χ1) is 15.5. The van der Waals surface area contributed by atoms with Crippen LogP contribution in [0.5, 0.6) is 5.88 Å². The number of fused-ring (bicyclic) bond motifs is 1. The van der Waals surface area contributed by atoms with Crippen LogP contribution in [0, 0.1) is 20.8 Å². The predicted octanol–water partition coefficient (Wildman–Crippen LogP) is 3.75. The minimum atomic E-state index is -0.00546. The van der Waals surface area contributed by atoms with Gasteiger partial charge < -0.3 is 9.64 Å². The van der Waals surface area contributed by atoms with Crippen LogP contribution >= 0.6 is 0 Å². The minimum Gasteiger partial charge on any atom is -0.476 e. The number of amides is 1. The van der Waals surface area contributed by atoms with E-state index in [9.17, 15) is 4.79 Å². The maximum atomic E-state index is 13.0. The maximum absolute atomic E-state index is 13.0. The Bertz CT molecular complexity index is 1090. The molecule has 0 aliphatic carbocycles. The second-order valence-electron chi connectivity index (χ2n) is 8.89. The van der Waals surface area contributed by atoms with E-state index < -0.39 is 0 Å². The molecule has 1 saturated heterocycles. The van der Waals surface area contributed by atoms with Crippen LogP contribution in [-0.4, -0.2) is 58.3 Å². The molecule has 6 nitrogen and oxygen atoms in total. The molecule has 0 spiro atoms. The highest BCUT2D eigenvalue weighted by Gasteiger charge is 2.31. The van der Waals surface area contributed by atoms with Crippen molar-refractivity contribution in [3.8, 4) is 5.88 Å². The summed E-state index contributed by atoms with van der Waals surface area (Å²) in [5.41, 5.74) is 7.10. The first kappa shape index (κ1) is 20.8. The van der Waals surface area contributed by atoms with Crippen LogP contribution in [0.15, 0.2) is 48.5 Å². The van der Waals surface area contributed by atoms with E-state index in [2.05, 4.69) is 73.2 Å². The highest BCUT2D eigenvalue weighted by atomic mass is 16.5. The average molecular weight is 431 g/mol. The van der Waals surface area contributed by atoms with Gasteiger partial charge in [-0.15, -0.1) is 0 Å². The Balaban J connectivity index is 1.38. The van der Waals surface area contributed by atoms with Gasteiger partial charge in [-0.2, -0.15) is 5.10 Å². The molecular formula is C26H30N4O2. The normalized spacial score (nSPS) is 17.2. The Morgan fingerprint density at radius 3 is 2.28 bits per heavy atom. The third-order valence-electron chi connectivity index (χ3n) is 6.61. The molecule has 1 atom stereocenters. The van der Waals surface area contributed by atoms with Gasteiger partial charge in [0.05, 0.1) is 12.6 Å². The molecule has 1 aromatic heterocycles. The number of nitrogens with zero attached hydrogens (tertiary/aromatic N) is 4. The fourth-order valence-corrected chi connectivity index (χ4v) is 5.18. The topological polar surface area (TPSA) is 50.6 Å². The van der Waals surface area contributed by atoms with E-state index in [0.29, 0.717) is 37.8 Å². The van der Waals surface area contributed by atoms with Crippen LogP contribution in [0.1, 0.15) is 44.3 Å². The zero-order valence-electron chi connectivity index (χ0n) is 19.0. The molecule has 166 valence electrons. The van der Waals surface area contributed by atoms with Crippen molar-refractivity contribution in [2.45, 2.75) is 33.4 Å². The minimum absolute atomic E-state index is 0.00546. The largest absolute Gasteiger partial charge is 0.476 e. The van der Waals surface area contributed by atoms with Crippen LogP contribution < -0.4 is 4.74 Å². The van der Waals surface area contributed by atoms with Gasteiger partial charge in [-0.3, -0.25) is 9.69 Å². The third kappa shape index (κ3) is 3.79. The van der Waals surface area contributed by atoms with Crippen LogP contribution in [0.2, 0.25) is 0 Å². The summed E-state index contributed by atoms with van der Waals surface area (Å²) in [5.74, 6) is 0.690. The van der Waals surface area contributed by atoms with Crippen LogP contribution in [0.25, 0.3) is 0 Å². The van der Waals surface area contributed by atoms with Gasteiger partial charge in [0.1, 0.15) is 6.61 Å². The molecule has 5 rings (SSSR count). The summed E-state index contributed by atoms with van der Waals surface area (Å²) in [5, 5.41) is 4.43. The number of hydrogen-bond acceptors (Lipinski definition) is 4. The third-order valence-corrected chi connectivity index (χ3v) is 6.61. The molecule has 0 saturated carbocycles. The maximum Gasteiger partial charge on any atom is 0.274 e. The lowest BCUT2D eigenvalue weighted by Gasteiger charge is -2.40. The van der Waals surface area contributed by atoms with Gasteiger partial charge in [-0.05, 0) is 43.0 Å². The molecule has 1 unspecified atom stereocenters. The summed E-state index contributed by atoms with van der Waals surface area (Å²) in [6, 6.07) is 17.2. The molecule has 1 amide bonds. The molecule has 0 bridgehead atoms. The fraction of sp³-hybridized carbons (Fsp3) is 0.385. The van der Waals surface area contributed by atoms with E-state index in [-0.39, 0.29) is 11.9 Å². The molecule has 2 aromatic carbocycles. The van der Waals surface area contributed by atoms with Gasteiger partial charge in [0.2, 0.25) is 5.88 Å². The van der Waals surface area contributed by atoms with Crippen molar-refractivity contribution in [1.82, 2.24) is 19.6 Å². The van der Waals surface area contributed by atoms with Gasteiger partial charge in [0, 0.05) is 32.2 Å². The van der Waals surface area contributed by atoms with Crippen molar-refractivity contribution in [1.29, 1.82) is 0 Å². The van der Waals surface area contributed by atoms with Gasteiger partial charge in [0.25, 0.3) is 5.91 Å². The Hall–Kier alpha value is -3.12. The first-order valence-corrected chi connectivity index (χ1v) is 11.4. The van der Waals surface area contributed by atoms with Crippen molar-refractivity contribution in [3.05, 3.63) is 82.0 Å². The van der Waals surface area contributed by atoms with Gasteiger partial charge in [-0.25, -0.2) is 4.68 Å². The van der Waals surface area contributed by atoms with E-state index in [0.717, 1.165) is 13.1 Å². The second kappa shape index (κ2) is 8.43. The van der Waals surface area contributed by atoms with E-state index in [1.807, 2.05) is 4.90 Å². The lowest BCUT2D eigenvalue weighted by molar-refractivity contribution is 0.0590. The summed E-state index contributed by atoms with van der Waals surface area (Å²) >= 11 is 0. The number of hydrogen-bond donors (Lipinski definition) is 0. The number of carbonyl (C=O) groups is 1. The number of piperazine rings is 1. The van der Waals surface area contributed by atoms with Gasteiger partial charge in [-0.1, -0.05) is 48.0 Å². The Labute approximate surface area is 189 Å². The molecule has 6 heteroatoms. The molecule has 3 aromatic rings. The molecule has 0 radical (unpaired) electrons. The molecule has 2 aliphatic heterocycles. The van der Waals surface area contributed by atoms with Crippen molar-refractivity contribution >= 4 is 5.91 Å². The second-order valence-corrected chi connectivity index (χ2v) is 8.89. The molecule has 3 heterocycles. The number of carbonyl (C=O) groups excluding carboxylic acids is 1. The fourth-order valence-electron chi connectivity index (χ4n) is 5.18. The van der Waals surface area contributed by atoms with E-state index in [4.69, 9.17) is 4.74 Å². The molecule has 0 N–H and O–H groups in total. The SMILES string of the molecule is Cc1cc(C)c(C(c2ccccc2)N2CCN(C(=O)c3cc4n(n3)CCO4)CC2)c(C)c1. The number of benzene rings is 2. The van der Waals surface area contributed by atoms with E-state index in [1.165, 1.54) is 27.8 Å². The van der Waals surface area contributed by atoms with Crippen molar-refractivity contribution < 1.29 is 9.53 Å². The first-order valence-electron chi connectivity index (χ1n) is 11.4. The van der Waals surface area contributed by atoms with E-state index >= 15 is 0 Å². The number of aryl methyl sites for hydroxylation is 3. The molecular weight excluding hydrogens is 400 g/mol. The van der Waals surface area contributed by atoms with E-state index in [1.54, 1.807) is 10.7 Å². The standard InChI is InChI=1S/C26H30N4O2/c1-18-15-19(2)24(20(3)16-18)25(21-7-5-4-6-8-21)28-9-11-29(12-10-28)26(31)22-17-23-30(27-22)13-14-32-23/h4-8,15-17,25H,9-14H2,1-3H3. The summed E-state index contributed by atoms with van der Waals surface area (Å²) in [6.45, 7) is 11.0. The smallest absolute Gasteiger partial charge is 0.274 e. The Morgan fingerprint density at radius 1 is 0.938 bits per heavy atom. The van der Waals surface area contributed by atoms with Crippen molar-refractivity contribution in [3.63, 3.8) is 0 Å².